The summed E-state index contributed by atoms with van der Waals surface area (Å²) in [5.74, 6) is 0.0849. The molecule has 0 aliphatic heterocycles. The van der Waals surface area contributed by atoms with Gasteiger partial charge in [-0.1, -0.05) is 18.2 Å². The Kier molecular flexibility index (Phi) is 6.63. The zero-order valence-electron chi connectivity index (χ0n) is 19.8. The number of pyridine rings is 1. The van der Waals surface area contributed by atoms with Crippen LogP contribution in [0.2, 0.25) is 0 Å². The number of carboxylic acid groups (broad SMARTS) is 1. The third-order valence-electron chi connectivity index (χ3n) is 6.91. The number of aryl methyl sites for hydroxylation is 1. The fourth-order valence-electron chi connectivity index (χ4n) is 4.93. The average molecular weight is 493 g/mol. The monoisotopic (exact) mass is 492 g/mol. The van der Waals surface area contributed by atoms with Gasteiger partial charge in [0.25, 0.3) is 0 Å². The molecule has 1 aliphatic rings. The van der Waals surface area contributed by atoms with Crippen molar-refractivity contribution < 1.29 is 23.4 Å². The molecule has 0 unspecified atom stereocenters. The highest BCUT2D eigenvalue weighted by atomic mass is 19.3. The van der Waals surface area contributed by atoms with E-state index in [1.807, 2.05) is 29.7 Å². The minimum Gasteiger partial charge on any atom is -0.481 e. The Labute approximate surface area is 206 Å². The Morgan fingerprint density at radius 3 is 2.50 bits per heavy atom. The lowest BCUT2D eigenvalue weighted by Crippen LogP contribution is -2.21. The molecule has 1 aromatic carbocycles. The molecule has 9 heteroatoms. The molecule has 3 heterocycles. The summed E-state index contributed by atoms with van der Waals surface area (Å²) in [5.41, 5.74) is 4.84. The van der Waals surface area contributed by atoms with Crippen LogP contribution in [-0.4, -0.2) is 37.0 Å². The molecule has 7 nitrogen and oxygen atoms in total. The van der Waals surface area contributed by atoms with Crippen LogP contribution in [0.25, 0.3) is 16.8 Å². The number of rotatable bonds is 7. The molecule has 186 valence electrons. The number of halogens is 2. The first-order valence-corrected chi connectivity index (χ1v) is 11.9. The second-order valence-corrected chi connectivity index (χ2v) is 9.17. The van der Waals surface area contributed by atoms with Crippen molar-refractivity contribution in [2.45, 2.75) is 51.6 Å². The van der Waals surface area contributed by atoms with Crippen molar-refractivity contribution in [3.05, 3.63) is 77.8 Å². The largest absolute Gasteiger partial charge is 0.481 e. The highest BCUT2D eigenvalue weighted by Gasteiger charge is 2.28. The SMILES string of the molecule is Cc1nc2ccc(-c3cnc(C4CCC(C(=O)O)CC4)nc3)cn2c1Cc1ccccc1OC(F)F. The van der Waals surface area contributed by atoms with Crippen molar-refractivity contribution in [3.8, 4) is 16.9 Å². The summed E-state index contributed by atoms with van der Waals surface area (Å²) in [4.78, 5) is 25.0. The summed E-state index contributed by atoms with van der Waals surface area (Å²) in [7, 11) is 0. The number of imidazole rings is 1. The summed E-state index contributed by atoms with van der Waals surface area (Å²) in [6, 6.07) is 10.6. The van der Waals surface area contributed by atoms with E-state index in [0.717, 1.165) is 46.8 Å². The van der Waals surface area contributed by atoms with Gasteiger partial charge in [0, 0.05) is 53.3 Å². The topological polar surface area (TPSA) is 89.6 Å². The Morgan fingerprint density at radius 2 is 1.81 bits per heavy atom. The van der Waals surface area contributed by atoms with Gasteiger partial charge in [0.15, 0.2) is 0 Å². The first-order valence-electron chi connectivity index (χ1n) is 11.9. The molecule has 4 aromatic rings. The molecule has 0 saturated heterocycles. The van der Waals surface area contributed by atoms with Crippen LogP contribution >= 0.6 is 0 Å². The summed E-state index contributed by atoms with van der Waals surface area (Å²) in [6.45, 7) is -0.994. The number of para-hydroxylation sites is 1. The maximum Gasteiger partial charge on any atom is 0.387 e. The van der Waals surface area contributed by atoms with Crippen molar-refractivity contribution >= 4 is 11.6 Å². The van der Waals surface area contributed by atoms with Gasteiger partial charge in [-0.05, 0) is 50.8 Å². The van der Waals surface area contributed by atoms with Crippen molar-refractivity contribution in [1.82, 2.24) is 19.4 Å². The van der Waals surface area contributed by atoms with Crippen LogP contribution in [0.15, 0.2) is 55.0 Å². The molecule has 36 heavy (non-hydrogen) atoms. The Hall–Kier alpha value is -3.88. The van der Waals surface area contributed by atoms with Gasteiger partial charge < -0.3 is 14.2 Å². The predicted octanol–water partition coefficient (Wildman–Crippen LogP) is 5.65. The quantitative estimate of drug-likeness (QED) is 0.359. The number of hydrogen-bond donors (Lipinski definition) is 1. The number of benzene rings is 1. The number of nitrogens with zero attached hydrogens (tertiary/aromatic N) is 4. The van der Waals surface area contributed by atoms with Crippen molar-refractivity contribution in [1.29, 1.82) is 0 Å². The highest BCUT2D eigenvalue weighted by molar-refractivity contribution is 5.70. The van der Waals surface area contributed by atoms with Crippen molar-refractivity contribution in [2.24, 2.45) is 5.92 Å². The molecule has 1 aliphatic carbocycles. The van der Waals surface area contributed by atoms with Crippen LogP contribution in [0.1, 0.15) is 54.4 Å². The minimum absolute atomic E-state index is 0.152. The number of fused-ring (bicyclic) bond motifs is 1. The van der Waals surface area contributed by atoms with Gasteiger partial charge in [-0.2, -0.15) is 8.78 Å². The predicted molar refractivity (Wildman–Crippen MR) is 129 cm³/mol. The molecule has 3 aromatic heterocycles. The highest BCUT2D eigenvalue weighted by Crippen LogP contribution is 2.34. The zero-order valence-corrected chi connectivity index (χ0v) is 19.8. The maximum atomic E-state index is 12.9. The van der Waals surface area contributed by atoms with E-state index in [0.29, 0.717) is 24.8 Å². The van der Waals surface area contributed by atoms with Gasteiger partial charge in [0.2, 0.25) is 0 Å². The summed E-state index contributed by atoms with van der Waals surface area (Å²) >= 11 is 0. The summed E-state index contributed by atoms with van der Waals surface area (Å²) in [5, 5.41) is 9.21. The number of aliphatic carboxylic acids is 1. The molecular weight excluding hydrogens is 466 g/mol. The Bertz CT molecular complexity index is 1380. The van der Waals surface area contributed by atoms with E-state index >= 15 is 0 Å². The lowest BCUT2D eigenvalue weighted by Gasteiger charge is -2.24. The van der Waals surface area contributed by atoms with E-state index in [1.54, 1.807) is 36.7 Å². The van der Waals surface area contributed by atoms with Crippen LogP contribution < -0.4 is 4.74 Å². The third-order valence-corrected chi connectivity index (χ3v) is 6.91. The fraction of sp³-hybridized carbons (Fsp3) is 0.333. The number of aromatic nitrogens is 4. The van der Waals surface area contributed by atoms with E-state index in [2.05, 4.69) is 15.0 Å². The molecule has 0 spiro atoms. The zero-order chi connectivity index (χ0) is 25.2. The molecule has 0 amide bonds. The van der Waals surface area contributed by atoms with Gasteiger partial charge in [-0.3, -0.25) is 4.79 Å². The molecule has 0 atom stereocenters. The molecular formula is C27H26F2N4O3. The van der Waals surface area contributed by atoms with Gasteiger partial charge in [-0.25, -0.2) is 15.0 Å². The van der Waals surface area contributed by atoms with E-state index in [1.165, 1.54) is 0 Å². The smallest absolute Gasteiger partial charge is 0.387 e. The van der Waals surface area contributed by atoms with Gasteiger partial charge in [0.05, 0.1) is 11.6 Å². The number of ether oxygens (including phenoxy) is 1. The van der Waals surface area contributed by atoms with Crippen LogP contribution in [-0.2, 0) is 11.2 Å². The molecule has 0 bridgehead atoms. The number of alkyl halides is 2. The average Bonchev–Trinajstić information content (AvgIpc) is 3.19. The lowest BCUT2D eigenvalue weighted by molar-refractivity contribution is -0.142. The standard InChI is InChI=1S/C27H26F2N4O3/c1-16-22(12-19-4-2-3-5-23(19)36-27(28)29)33-15-20(10-11-24(33)32-16)21-13-30-25(31-14-21)17-6-8-18(9-7-17)26(34)35/h2-5,10-11,13-15,17-18,27H,6-9,12H2,1H3,(H,34,35). The van der Waals surface area contributed by atoms with Crippen LogP contribution in [0, 0.1) is 12.8 Å². The van der Waals surface area contributed by atoms with Gasteiger partial charge in [-0.15, -0.1) is 0 Å². The fourth-order valence-corrected chi connectivity index (χ4v) is 4.93. The normalized spacial score (nSPS) is 18.0. The van der Waals surface area contributed by atoms with E-state index in [-0.39, 0.29) is 17.6 Å². The second-order valence-electron chi connectivity index (χ2n) is 9.17. The van der Waals surface area contributed by atoms with E-state index in [4.69, 9.17) is 4.74 Å². The first kappa shape index (κ1) is 23.8. The molecule has 1 fully saturated rings. The van der Waals surface area contributed by atoms with Gasteiger partial charge in [0.1, 0.15) is 17.2 Å². The van der Waals surface area contributed by atoms with Crippen molar-refractivity contribution in [3.63, 3.8) is 0 Å². The minimum atomic E-state index is -2.89. The van der Waals surface area contributed by atoms with E-state index < -0.39 is 12.6 Å². The van der Waals surface area contributed by atoms with Crippen LogP contribution in [0.3, 0.4) is 0 Å². The Morgan fingerprint density at radius 1 is 1.08 bits per heavy atom. The van der Waals surface area contributed by atoms with Crippen molar-refractivity contribution in [2.75, 3.05) is 0 Å². The second kappa shape index (κ2) is 10.0. The van der Waals surface area contributed by atoms with Crippen LogP contribution in [0.4, 0.5) is 8.78 Å². The van der Waals surface area contributed by atoms with Gasteiger partial charge >= 0.3 is 12.6 Å². The number of carbonyl (C=O) groups is 1. The molecule has 1 N–H and O–H groups in total. The Balaban J connectivity index is 1.40. The molecule has 5 rings (SSSR count). The number of hydrogen-bond acceptors (Lipinski definition) is 5. The van der Waals surface area contributed by atoms with Crippen LogP contribution in [0.5, 0.6) is 5.75 Å². The first-order chi connectivity index (χ1) is 17.4. The maximum absolute atomic E-state index is 12.9. The number of carboxylic acids is 1. The molecule has 1 saturated carbocycles. The third kappa shape index (κ3) is 4.91. The summed E-state index contributed by atoms with van der Waals surface area (Å²) in [6.07, 6.45) is 8.77. The summed E-state index contributed by atoms with van der Waals surface area (Å²) < 4.78 is 32.4. The molecule has 0 radical (unpaired) electrons. The lowest BCUT2D eigenvalue weighted by atomic mass is 9.81. The van der Waals surface area contributed by atoms with E-state index in [9.17, 15) is 18.7 Å².